The van der Waals surface area contributed by atoms with Crippen LogP contribution in [0.3, 0.4) is 0 Å². The second-order valence-electron chi connectivity index (χ2n) is 8.08. The summed E-state index contributed by atoms with van der Waals surface area (Å²) in [6.45, 7) is 7.70. The first kappa shape index (κ1) is 20.7. The molecule has 2 heterocycles. The molecule has 152 valence electrons. The van der Waals surface area contributed by atoms with Crippen LogP contribution in [0.4, 0.5) is 5.82 Å². The van der Waals surface area contributed by atoms with Gasteiger partial charge in [0.15, 0.2) is 0 Å². The van der Waals surface area contributed by atoms with Crippen LogP contribution < -0.4 is 5.32 Å². The summed E-state index contributed by atoms with van der Waals surface area (Å²) in [5.41, 5.74) is 0.111. The fourth-order valence-electron chi connectivity index (χ4n) is 3.52. The fourth-order valence-corrected chi connectivity index (χ4v) is 3.52. The highest BCUT2D eigenvalue weighted by atomic mass is 16.5. The molecule has 3 N–H and O–H groups in total. The monoisotopic (exact) mass is 386 g/mol. The number of aliphatic hydroxyl groups is 2. The average Bonchev–Trinajstić information content (AvgIpc) is 2.69. The molecule has 2 atom stereocenters. The zero-order valence-electron chi connectivity index (χ0n) is 16.8. The molecule has 0 amide bonds. The van der Waals surface area contributed by atoms with Gasteiger partial charge in [-0.15, -0.1) is 5.10 Å². The molecule has 0 spiro atoms. The molecular weight excluding hydrogens is 356 g/mol. The minimum Gasteiger partial charge on any atom is -0.394 e. The molecule has 1 saturated heterocycles. The Morgan fingerprint density at radius 1 is 1.21 bits per heavy atom. The summed E-state index contributed by atoms with van der Waals surface area (Å²) in [5.74, 6) is 0.596. The Morgan fingerprint density at radius 3 is 2.57 bits per heavy atom. The standard InChI is InChI=1S/C21H30N4O3/c1-16-12-28-15-21(14-26,25(16)11-17-7-5-4-6-8-17)13-22-19-10-9-18(23-24-19)20(2,3)27/h4-10,16,26-27H,11-15H2,1-3H3,(H,22,24)/t16-,21+/m1/s1. The lowest BCUT2D eigenvalue weighted by molar-refractivity contribution is -0.117. The van der Waals surface area contributed by atoms with E-state index in [4.69, 9.17) is 4.74 Å². The van der Waals surface area contributed by atoms with E-state index in [1.807, 2.05) is 18.2 Å². The van der Waals surface area contributed by atoms with Crippen LogP contribution >= 0.6 is 0 Å². The van der Waals surface area contributed by atoms with Crippen LogP contribution in [0.15, 0.2) is 42.5 Å². The van der Waals surface area contributed by atoms with E-state index in [0.29, 0.717) is 31.3 Å². The van der Waals surface area contributed by atoms with Gasteiger partial charge in [-0.1, -0.05) is 30.3 Å². The van der Waals surface area contributed by atoms with Crippen LogP contribution in [0.25, 0.3) is 0 Å². The minimum absolute atomic E-state index is 0.0354. The van der Waals surface area contributed by atoms with Crippen molar-refractivity contribution in [3.63, 3.8) is 0 Å². The fraction of sp³-hybridized carbons (Fsp3) is 0.524. The predicted octanol–water partition coefficient (Wildman–Crippen LogP) is 1.77. The van der Waals surface area contributed by atoms with Gasteiger partial charge in [-0.05, 0) is 38.5 Å². The Kier molecular flexibility index (Phi) is 6.30. The quantitative estimate of drug-likeness (QED) is 0.668. The summed E-state index contributed by atoms with van der Waals surface area (Å²) in [6.07, 6.45) is 0. The SMILES string of the molecule is C[C@@H]1COC[C@@](CO)(CNc2ccc(C(C)(C)O)nn2)N1Cc1ccccc1. The van der Waals surface area contributed by atoms with Crippen molar-refractivity contribution in [1.29, 1.82) is 0 Å². The first-order valence-electron chi connectivity index (χ1n) is 9.64. The van der Waals surface area contributed by atoms with Crippen LogP contribution in [-0.2, 0) is 16.9 Å². The molecule has 1 aromatic carbocycles. The van der Waals surface area contributed by atoms with Gasteiger partial charge in [-0.2, -0.15) is 5.10 Å². The van der Waals surface area contributed by atoms with E-state index in [1.54, 1.807) is 26.0 Å². The molecule has 1 aliphatic heterocycles. The van der Waals surface area contributed by atoms with Gasteiger partial charge in [-0.25, -0.2) is 0 Å². The van der Waals surface area contributed by atoms with E-state index in [2.05, 4.69) is 39.5 Å². The van der Waals surface area contributed by atoms with Crippen molar-refractivity contribution in [3.8, 4) is 0 Å². The smallest absolute Gasteiger partial charge is 0.148 e. The van der Waals surface area contributed by atoms with Gasteiger partial charge in [0.1, 0.15) is 11.4 Å². The number of benzene rings is 1. The van der Waals surface area contributed by atoms with Crippen molar-refractivity contribution < 1.29 is 14.9 Å². The van der Waals surface area contributed by atoms with Gasteiger partial charge >= 0.3 is 0 Å². The van der Waals surface area contributed by atoms with Crippen LogP contribution in [0, 0.1) is 0 Å². The summed E-state index contributed by atoms with van der Waals surface area (Å²) < 4.78 is 5.80. The second kappa shape index (κ2) is 8.53. The third-order valence-corrected chi connectivity index (χ3v) is 5.25. The maximum absolute atomic E-state index is 10.3. The summed E-state index contributed by atoms with van der Waals surface area (Å²) in [4.78, 5) is 2.30. The Hall–Kier alpha value is -2.06. The van der Waals surface area contributed by atoms with Gasteiger partial charge in [0, 0.05) is 19.1 Å². The molecule has 7 nitrogen and oxygen atoms in total. The number of rotatable bonds is 7. The number of hydrogen-bond donors (Lipinski definition) is 3. The molecule has 1 fully saturated rings. The number of nitrogens with one attached hydrogen (secondary N) is 1. The van der Waals surface area contributed by atoms with Crippen LogP contribution in [0.2, 0.25) is 0 Å². The minimum atomic E-state index is -1.03. The number of hydrogen-bond acceptors (Lipinski definition) is 7. The van der Waals surface area contributed by atoms with E-state index in [0.717, 1.165) is 6.54 Å². The second-order valence-corrected chi connectivity index (χ2v) is 8.08. The molecule has 1 aliphatic rings. The number of nitrogens with zero attached hydrogens (tertiary/aromatic N) is 3. The summed E-state index contributed by atoms with van der Waals surface area (Å²) >= 11 is 0. The maximum atomic E-state index is 10.3. The Bertz CT molecular complexity index is 748. The lowest BCUT2D eigenvalue weighted by Gasteiger charge is -2.49. The number of ether oxygens (including phenoxy) is 1. The molecule has 7 heteroatoms. The predicted molar refractivity (Wildman–Crippen MR) is 108 cm³/mol. The maximum Gasteiger partial charge on any atom is 0.148 e. The first-order chi connectivity index (χ1) is 13.3. The van der Waals surface area contributed by atoms with Crippen molar-refractivity contribution >= 4 is 5.82 Å². The van der Waals surface area contributed by atoms with E-state index >= 15 is 0 Å². The first-order valence-corrected chi connectivity index (χ1v) is 9.64. The number of aliphatic hydroxyl groups excluding tert-OH is 1. The molecule has 0 radical (unpaired) electrons. The summed E-state index contributed by atoms with van der Waals surface area (Å²) in [6, 6.07) is 14.0. The van der Waals surface area contributed by atoms with Gasteiger partial charge < -0.3 is 20.3 Å². The molecular formula is C21H30N4O3. The Balaban J connectivity index is 1.75. The highest BCUT2D eigenvalue weighted by molar-refractivity contribution is 5.34. The third kappa shape index (κ3) is 4.67. The highest BCUT2D eigenvalue weighted by Crippen LogP contribution is 2.27. The Morgan fingerprint density at radius 2 is 1.96 bits per heavy atom. The molecule has 3 rings (SSSR count). The van der Waals surface area contributed by atoms with E-state index in [1.165, 1.54) is 5.56 Å². The number of morpholine rings is 1. The molecule has 1 aromatic heterocycles. The normalized spacial score (nSPS) is 23.5. The van der Waals surface area contributed by atoms with E-state index < -0.39 is 11.1 Å². The molecule has 0 saturated carbocycles. The molecule has 2 aromatic rings. The number of anilines is 1. The van der Waals surface area contributed by atoms with Gasteiger partial charge in [0.2, 0.25) is 0 Å². The topological polar surface area (TPSA) is 90.7 Å². The largest absolute Gasteiger partial charge is 0.394 e. The summed E-state index contributed by atoms with van der Waals surface area (Å²) in [7, 11) is 0. The van der Waals surface area contributed by atoms with Gasteiger partial charge in [0.05, 0.1) is 31.1 Å². The lowest BCUT2D eigenvalue weighted by Crippen LogP contribution is -2.65. The van der Waals surface area contributed by atoms with Crippen LogP contribution in [0.1, 0.15) is 32.0 Å². The van der Waals surface area contributed by atoms with Crippen molar-refractivity contribution in [2.24, 2.45) is 0 Å². The van der Waals surface area contributed by atoms with Gasteiger partial charge in [-0.3, -0.25) is 4.90 Å². The van der Waals surface area contributed by atoms with Crippen molar-refractivity contribution in [3.05, 3.63) is 53.7 Å². The zero-order valence-corrected chi connectivity index (χ0v) is 16.8. The van der Waals surface area contributed by atoms with Crippen molar-refractivity contribution in [2.45, 2.75) is 44.5 Å². The summed E-state index contributed by atoms with van der Waals surface area (Å²) in [5, 5.41) is 31.9. The third-order valence-electron chi connectivity index (χ3n) is 5.25. The molecule has 0 bridgehead atoms. The lowest BCUT2D eigenvalue weighted by atomic mass is 9.94. The molecule has 28 heavy (non-hydrogen) atoms. The van der Waals surface area contributed by atoms with E-state index in [-0.39, 0.29) is 12.6 Å². The van der Waals surface area contributed by atoms with Crippen molar-refractivity contribution in [2.75, 3.05) is 31.7 Å². The number of aromatic nitrogens is 2. The van der Waals surface area contributed by atoms with Crippen LogP contribution in [-0.4, -0.2) is 63.3 Å². The van der Waals surface area contributed by atoms with Crippen molar-refractivity contribution in [1.82, 2.24) is 15.1 Å². The van der Waals surface area contributed by atoms with Gasteiger partial charge in [0.25, 0.3) is 0 Å². The zero-order chi connectivity index (χ0) is 20.2. The Labute approximate surface area is 166 Å². The molecule has 0 aliphatic carbocycles. The van der Waals surface area contributed by atoms with Crippen LogP contribution in [0.5, 0.6) is 0 Å². The molecule has 0 unspecified atom stereocenters. The average molecular weight is 386 g/mol. The highest BCUT2D eigenvalue weighted by Gasteiger charge is 2.42. The van der Waals surface area contributed by atoms with E-state index in [9.17, 15) is 10.2 Å².